The van der Waals surface area contributed by atoms with E-state index in [2.05, 4.69) is 20.0 Å². The summed E-state index contributed by atoms with van der Waals surface area (Å²) in [5.74, 6) is -0.00608. The quantitative estimate of drug-likeness (QED) is 0.383. The standard InChI is InChI=1S/C15H17F3N4OS.HI/c1-9-13(24-10(2)22-9)8-21-14(19)20-7-11-3-5-12(6-4-11)23-15(16,17)18;/h3-6H,7-8H2,1-2H3,(H3,19,20,21);1H. The van der Waals surface area contributed by atoms with Gasteiger partial charge in [-0.3, -0.25) is 0 Å². The number of hydrogen-bond donors (Lipinski definition) is 2. The van der Waals surface area contributed by atoms with E-state index in [4.69, 9.17) is 5.73 Å². The van der Waals surface area contributed by atoms with Crippen molar-refractivity contribution < 1.29 is 17.9 Å². The lowest BCUT2D eigenvalue weighted by Gasteiger charge is -2.09. The van der Waals surface area contributed by atoms with Crippen molar-refractivity contribution in [3.8, 4) is 5.75 Å². The Labute approximate surface area is 164 Å². The van der Waals surface area contributed by atoms with Gasteiger partial charge in [-0.25, -0.2) is 9.98 Å². The first-order chi connectivity index (χ1) is 11.2. The number of nitrogens with zero attached hydrogens (tertiary/aromatic N) is 2. The molecule has 1 aromatic carbocycles. The van der Waals surface area contributed by atoms with E-state index in [9.17, 15) is 13.2 Å². The van der Waals surface area contributed by atoms with Crippen LogP contribution in [-0.2, 0) is 13.1 Å². The van der Waals surface area contributed by atoms with Crippen molar-refractivity contribution in [3.05, 3.63) is 45.4 Å². The summed E-state index contributed by atoms with van der Waals surface area (Å²) in [7, 11) is 0. The number of ether oxygens (including phenoxy) is 1. The van der Waals surface area contributed by atoms with Crippen LogP contribution in [0.3, 0.4) is 0 Å². The lowest BCUT2D eigenvalue weighted by molar-refractivity contribution is -0.274. The Morgan fingerprint density at radius 2 is 1.92 bits per heavy atom. The number of aryl methyl sites for hydroxylation is 2. The maximum atomic E-state index is 12.1. The Morgan fingerprint density at radius 1 is 1.28 bits per heavy atom. The molecule has 0 saturated heterocycles. The highest BCUT2D eigenvalue weighted by Gasteiger charge is 2.30. The molecule has 1 aromatic heterocycles. The van der Waals surface area contributed by atoms with Crippen LogP contribution in [0.25, 0.3) is 0 Å². The van der Waals surface area contributed by atoms with Crippen LogP contribution < -0.4 is 15.8 Å². The third-order valence-corrected chi connectivity index (χ3v) is 4.09. The first-order valence-electron chi connectivity index (χ1n) is 7.04. The Balaban J connectivity index is 0.00000312. The molecule has 25 heavy (non-hydrogen) atoms. The second-order valence-corrected chi connectivity index (χ2v) is 6.28. The molecule has 0 unspecified atom stereocenters. The van der Waals surface area contributed by atoms with Crippen molar-refractivity contribution in [3.63, 3.8) is 0 Å². The lowest BCUT2D eigenvalue weighted by atomic mass is 10.2. The summed E-state index contributed by atoms with van der Waals surface area (Å²) in [5, 5.41) is 3.98. The van der Waals surface area contributed by atoms with Gasteiger partial charge in [-0.2, -0.15) is 0 Å². The topological polar surface area (TPSA) is 72.5 Å². The number of nitrogens with two attached hydrogens (primary N) is 1. The maximum Gasteiger partial charge on any atom is 0.573 e. The Morgan fingerprint density at radius 3 is 2.44 bits per heavy atom. The molecular formula is C15H18F3IN4OS. The normalized spacial score (nSPS) is 11.8. The number of halogens is 4. The predicted octanol–water partition coefficient (Wildman–Crippen LogP) is 3.88. The number of thiazole rings is 1. The minimum atomic E-state index is -4.69. The molecular weight excluding hydrogens is 468 g/mol. The van der Waals surface area contributed by atoms with Crippen LogP contribution in [0.2, 0.25) is 0 Å². The van der Waals surface area contributed by atoms with E-state index >= 15 is 0 Å². The van der Waals surface area contributed by atoms with Gasteiger partial charge in [0, 0.05) is 4.88 Å². The van der Waals surface area contributed by atoms with E-state index in [1.165, 1.54) is 24.3 Å². The molecule has 1 heterocycles. The molecule has 0 bridgehead atoms. The minimum absolute atomic E-state index is 0. The SMILES string of the molecule is Cc1nc(C)c(CNC(N)=NCc2ccc(OC(F)(F)F)cc2)s1.I. The van der Waals surface area contributed by atoms with E-state index in [0.717, 1.165) is 21.1 Å². The van der Waals surface area contributed by atoms with E-state index in [-0.39, 0.29) is 42.2 Å². The molecule has 0 fully saturated rings. The molecule has 5 nitrogen and oxygen atoms in total. The lowest BCUT2D eigenvalue weighted by Crippen LogP contribution is -2.31. The van der Waals surface area contributed by atoms with E-state index in [0.29, 0.717) is 6.54 Å². The van der Waals surface area contributed by atoms with Crippen molar-refractivity contribution in [1.82, 2.24) is 10.3 Å². The first-order valence-corrected chi connectivity index (χ1v) is 7.86. The Kier molecular flexibility index (Phi) is 7.93. The fourth-order valence-corrected chi connectivity index (χ4v) is 2.81. The zero-order valence-corrected chi connectivity index (χ0v) is 16.7. The molecule has 0 aliphatic carbocycles. The molecule has 0 radical (unpaired) electrons. The molecule has 0 spiro atoms. The van der Waals surface area contributed by atoms with Gasteiger partial charge in [0.25, 0.3) is 0 Å². The van der Waals surface area contributed by atoms with Crippen molar-refractivity contribution in [1.29, 1.82) is 0 Å². The summed E-state index contributed by atoms with van der Waals surface area (Å²) in [4.78, 5) is 9.56. The number of rotatable bonds is 5. The number of hydrogen-bond acceptors (Lipinski definition) is 4. The highest BCUT2D eigenvalue weighted by atomic mass is 127. The fourth-order valence-electron chi connectivity index (χ4n) is 1.94. The monoisotopic (exact) mass is 486 g/mol. The summed E-state index contributed by atoms with van der Waals surface area (Å²) in [6.45, 7) is 4.65. The van der Waals surface area contributed by atoms with Gasteiger partial charge in [-0.05, 0) is 31.5 Å². The highest BCUT2D eigenvalue weighted by molar-refractivity contribution is 14.0. The molecule has 10 heteroatoms. The molecule has 0 aliphatic heterocycles. The van der Waals surface area contributed by atoms with Gasteiger partial charge in [-0.1, -0.05) is 12.1 Å². The van der Waals surface area contributed by atoms with Crippen LogP contribution in [0.5, 0.6) is 5.75 Å². The number of benzene rings is 1. The molecule has 138 valence electrons. The maximum absolute atomic E-state index is 12.1. The van der Waals surface area contributed by atoms with Crippen LogP contribution >= 0.6 is 35.3 Å². The van der Waals surface area contributed by atoms with Crippen molar-refractivity contribution in [2.75, 3.05) is 0 Å². The molecule has 0 atom stereocenters. The van der Waals surface area contributed by atoms with Gasteiger partial charge in [0.05, 0.1) is 23.8 Å². The summed E-state index contributed by atoms with van der Waals surface area (Å²) >= 11 is 1.59. The number of alkyl halides is 3. The highest BCUT2D eigenvalue weighted by Crippen LogP contribution is 2.22. The van der Waals surface area contributed by atoms with Crippen LogP contribution in [-0.4, -0.2) is 17.3 Å². The van der Waals surface area contributed by atoms with Gasteiger partial charge in [0.2, 0.25) is 0 Å². The second-order valence-electron chi connectivity index (χ2n) is 4.99. The van der Waals surface area contributed by atoms with Gasteiger partial charge >= 0.3 is 6.36 Å². The van der Waals surface area contributed by atoms with E-state index in [1.807, 2.05) is 13.8 Å². The van der Waals surface area contributed by atoms with Crippen molar-refractivity contribution in [2.45, 2.75) is 33.3 Å². The number of nitrogens with one attached hydrogen (secondary N) is 1. The summed E-state index contributed by atoms with van der Waals surface area (Å²) < 4.78 is 40.0. The largest absolute Gasteiger partial charge is 0.573 e. The molecule has 2 aromatic rings. The molecule has 2 rings (SSSR count). The summed E-state index contributed by atoms with van der Waals surface area (Å²) in [5.41, 5.74) is 7.47. The molecule has 0 saturated carbocycles. The zero-order chi connectivity index (χ0) is 17.7. The fraction of sp³-hybridized carbons (Fsp3) is 0.333. The van der Waals surface area contributed by atoms with Crippen LogP contribution in [0, 0.1) is 13.8 Å². The predicted molar refractivity (Wildman–Crippen MR) is 102 cm³/mol. The Hall–Kier alpha value is -1.56. The van der Waals surface area contributed by atoms with Crippen molar-refractivity contribution in [2.24, 2.45) is 10.7 Å². The first kappa shape index (κ1) is 21.5. The van der Waals surface area contributed by atoms with Crippen LogP contribution in [0.4, 0.5) is 13.2 Å². The van der Waals surface area contributed by atoms with Gasteiger partial charge in [0.1, 0.15) is 5.75 Å². The zero-order valence-electron chi connectivity index (χ0n) is 13.6. The summed E-state index contributed by atoms with van der Waals surface area (Å²) in [6, 6.07) is 5.50. The second kappa shape index (κ2) is 9.22. The number of aliphatic imine (C=N–C) groups is 1. The number of aromatic nitrogens is 1. The minimum Gasteiger partial charge on any atom is -0.406 e. The van der Waals surface area contributed by atoms with Crippen LogP contribution in [0.1, 0.15) is 21.1 Å². The van der Waals surface area contributed by atoms with Gasteiger partial charge < -0.3 is 15.8 Å². The van der Waals surface area contributed by atoms with E-state index < -0.39 is 6.36 Å². The molecule has 3 N–H and O–H groups in total. The average molecular weight is 486 g/mol. The van der Waals surface area contributed by atoms with Gasteiger partial charge in [0.15, 0.2) is 5.96 Å². The smallest absolute Gasteiger partial charge is 0.406 e. The molecule has 0 amide bonds. The number of guanidine groups is 1. The third kappa shape index (κ3) is 7.46. The van der Waals surface area contributed by atoms with Crippen LogP contribution in [0.15, 0.2) is 29.3 Å². The Bertz CT molecular complexity index is 717. The van der Waals surface area contributed by atoms with Crippen molar-refractivity contribution >= 4 is 41.3 Å². The van der Waals surface area contributed by atoms with Gasteiger partial charge in [-0.15, -0.1) is 48.5 Å². The summed E-state index contributed by atoms with van der Waals surface area (Å²) in [6.07, 6.45) is -4.69. The average Bonchev–Trinajstić information content (AvgIpc) is 2.81. The van der Waals surface area contributed by atoms with E-state index in [1.54, 1.807) is 11.3 Å². The third-order valence-electron chi connectivity index (χ3n) is 3.02. The molecule has 0 aliphatic rings.